The van der Waals surface area contributed by atoms with Crippen molar-refractivity contribution < 1.29 is 9.90 Å². The number of nitrogens with zero attached hydrogens (tertiary/aromatic N) is 1. The van der Waals surface area contributed by atoms with Crippen LogP contribution in [-0.4, -0.2) is 29.1 Å². The summed E-state index contributed by atoms with van der Waals surface area (Å²) in [5.41, 5.74) is 1.31. The number of hydrogen-bond donors (Lipinski definition) is 1. The third kappa shape index (κ3) is 2.97. The maximum atomic E-state index is 11.6. The van der Waals surface area contributed by atoms with Crippen LogP contribution in [0.25, 0.3) is 10.1 Å². The number of aromatic carboxylic acids is 1. The summed E-state index contributed by atoms with van der Waals surface area (Å²) in [7, 11) is 0. The quantitative estimate of drug-likeness (QED) is 0.923. The molecule has 21 heavy (non-hydrogen) atoms. The van der Waals surface area contributed by atoms with Crippen molar-refractivity contribution in [2.45, 2.75) is 33.2 Å². The van der Waals surface area contributed by atoms with Crippen molar-refractivity contribution >= 4 is 27.4 Å². The van der Waals surface area contributed by atoms with Crippen LogP contribution >= 0.6 is 11.3 Å². The minimum absolute atomic E-state index is 0.327. The van der Waals surface area contributed by atoms with E-state index in [-0.39, 0.29) is 0 Å². The Morgan fingerprint density at radius 1 is 1.38 bits per heavy atom. The minimum Gasteiger partial charge on any atom is -0.477 e. The highest BCUT2D eigenvalue weighted by atomic mass is 32.1. The zero-order chi connectivity index (χ0) is 15.0. The monoisotopic (exact) mass is 303 g/mol. The highest BCUT2D eigenvalue weighted by Crippen LogP contribution is 2.35. The Bertz CT molecular complexity index is 674. The fourth-order valence-electron chi connectivity index (χ4n) is 3.33. The van der Waals surface area contributed by atoms with E-state index in [1.165, 1.54) is 24.2 Å². The number of piperidine rings is 1. The molecular formula is C17H21NO2S. The molecule has 0 atom stereocenters. The number of carbonyl (C=O) groups is 1. The van der Waals surface area contributed by atoms with Crippen LogP contribution in [0.5, 0.6) is 0 Å². The van der Waals surface area contributed by atoms with Crippen molar-refractivity contribution in [2.75, 3.05) is 13.1 Å². The van der Waals surface area contributed by atoms with Gasteiger partial charge in [-0.05, 0) is 41.8 Å². The van der Waals surface area contributed by atoms with E-state index < -0.39 is 5.97 Å². The Morgan fingerprint density at radius 2 is 2.14 bits per heavy atom. The van der Waals surface area contributed by atoms with E-state index in [9.17, 15) is 9.90 Å². The van der Waals surface area contributed by atoms with Crippen LogP contribution in [-0.2, 0) is 6.54 Å². The number of likely N-dealkylation sites (tertiary alicyclic amines) is 1. The summed E-state index contributed by atoms with van der Waals surface area (Å²) in [5.74, 6) is -0.803. The molecule has 3 rings (SSSR count). The molecule has 0 saturated carbocycles. The SMILES string of the molecule is CC1(C)CCCN(Cc2c(C(=O)O)sc3ccccc23)C1. The first-order valence-corrected chi connectivity index (χ1v) is 8.24. The molecule has 3 nitrogen and oxygen atoms in total. The topological polar surface area (TPSA) is 40.5 Å². The zero-order valence-electron chi connectivity index (χ0n) is 12.6. The summed E-state index contributed by atoms with van der Waals surface area (Å²) < 4.78 is 1.07. The third-order valence-electron chi connectivity index (χ3n) is 4.25. The van der Waals surface area contributed by atoms with E-state index in [0.29, 0.717) is 10.3 Å². The highest BCUT2D eigenvalue weighted by Gasteiger charge is 2.28. The summed E-state index contributed by atoms with van der Waals surface area (Å²) in [5, 5.41) is 10.6. The lowest BCUT2D eigenvalue weighted by Gasteiger charge is -2.38. The van der Waals surface area contributed by atoms with Gasteiger partial charge in [-0.25, -0.2) is 4.79 Å². The van der Waals surface area contributed by atoms with Crippen molar-refractivity contribution in [3.63, 3.8) is 0 Å². The maximum Gasteiger partial charge on any atom is 0.346 e. The lowest BCUT2D eigenvalue weighted by molar-refractivity contribution is 0.0698. The minimum atomic E-state index is -0.803. The van der Waals surface area contributed by atoms with E-state index in [1.807, 2.05) is 24.3 Å². The second kappa shape index (κ2) is 5.43. The van der Waals surface area contributed by atoms with Crippen LogP contribution in [0.15, 0.2) is 24.3 Å². The van der Waals surface area contributed by atoms with Gasteiger partial charge in [-0.3, -0.25) is 4.90 Å². The first kappa shape index (κ1) is 14.5. The first-order chi connectivity index (χ1) is 9.96. The smallest absolute Gasteiger partial charge is 0.346 e. The fourth-order valence-corrected chi connectivity index (χ4v) is 4.38. The Hall–Kier alpha value is -1.39. The second-order valence-corrected chi connectivity index (χ2v) is 7.74. The molecular weight excluding hydrogens is 282 g/mol. The Kier molecular flexibility index (Phi) is 3.76. The third-order valence-corrected chi connectivity index (χ3v) is 5.45. The molecule has 0 spiro atoms. The molecule has 0 radical (unpaired) electrons. The number of hydrogen-bond acceptors (Lipinski definition) is 3. The van der Waals surface area contributed by atoms with Gasteiger partial charge in [0, 0.05) is 17.8 Å². The molecule has 4 heteroatoms. The lowest BCUT2D eigenvalue weighted by Crippen LogP contribution is -2.39. The molecule has 1 saturated heterocycles. The number of rotatable bonds is 3. The average Bonchev–Trinajstić information content (AvgIpc) is 2.77. The van der Waals surface area contributed by atoms with E-state index in [0.717, 1.165) is 35.3 Å². The van der Waals surface area contributed by atoms with E-state index >= 15 is 0 Å². The van der Waals surface area contributed by atoms with Gasteiger partial charge in [0.1, 0.15) is 4.88 Å². The molecule has 0 bridgehead atoms. The molecule has 2 heterocycles. The normalized spacial score (nSPS) is 19.0. The highest BCUT2D eigenvalue weighted by molar-refractivity contribution is 7.21. The molecule has 1 N–H and O–H groups in total. The molecule has 1 fully saturated rings. The van der Waals surface area contributed by atoms with Gasteiger partial charge in [-0.2, -0.15) is 0 Å². The zero-order valence-corrected chi connectivity index (χ0v) is 13.4. The molecule has 0 unspecified atom stereocenters. The van der Waals surface area contributed by atoms with Gasteiger partial charge in [0.15, 0.2) is 0 Å². The Balaban J connectivity index is 1.95. The molecule has 1 aliphatic heterocycles. The molecule has 1 aromatic carbocycles. The summed E-state index contributed by atoms with van der Waals surface area (Å²) in [6.07, 6.45) is 2.44. The lowest BCUT2D eigenvalue weighted by atomic mass is 9.84. The number of benzene rings is 1. The van der Waals surface area contributed by atoms with Gasteiger partial charge in [0.25, 0.3) is 0 Å². The second-order valence-electron chi connectivity index (χ2n) is 6.69. The van der Waals surface area contributed by atoms with Crippen molar-refractivity contribution in [3.8, 4) is 0 Å². The summed E-state index contributed by atoms with van der Waals surface area (Å²) in [6.45, 7) is 7.43. The van der Waals surface area contributed by atoms with E-state index in [1.54, 1.807) is 0 Å². The van der Waals surface area contributed by atoms with Crippen molar-refractivity contribution in [1.82, 2.24) is 4.90 Å². The van der Waals surface area contributed by atoms with Crippen LogP contribution in [0, 0.1) is 5.41 Å². The van der Waals surface area contributed by atoms with Crippen LogP contribution in [0.1, 0.15) is 41.9 Å². The first-order valence-electron chi connectivity index (χ1n) is 7.42. The predicted molar refractivity (Wildman–Crippen MR) is 87.1 cm³/mol. The van der Waals surface area contributed by atoms with E-state index in [2.05, 4.69) is 18.7 Å². The summed E-state index contributed by atoms with van der Waals surface area (Å²) >= 11 is 1.39. The van der Waals surface area contributed by atoms with Gasteiger partial charge in [0.05, 0.1) is 0 Å². The molecule has 1 aliphatic rings. The predicted octanol–water partition coefficient (Wildman–Crippen LogP) is 4.22. The Morgan fingerprint density at radius 3 is 2.86 bits per heavy atom. The van der Waals surface area contributed by atoms with Gasteiger partial charge >= 0.3 is 5.97 Å². The largest absolute Gasteiger partial charge is 0.477 e. The molecule has 0 amide bonds. The van der Waals surface area contributed by atoms with Gasteiger partial charge in [0.2, 0.25) is 0 Å². The molecule has 1 aromatic heterocycles. The van der Waals surface area contributed by atoms with Crippen LogP contribution < -0.4 is 0 Å². The standard InChI is InChI=1S/C17H21NO2S/c1-17(2)8-5-9-18(11-17)10-13-12-6-3-4-7-14(12)21-15(13)16(19)20/h3-4,6-7H,5,8-11H2,1-2H3,(H,19,20). The van der Waals surface area contributed by atoms with Gasteiger partial charge < -0.3 is 5.11 Å². The van der Waals surface area contributed by atoms with Crippen LogP contribution in [0.2, 0.25) is 0 Å². The van der Waals surface area contributed by atoms with Crippen molar-refractivity contribution in [3.05, 3.63) is 34.7 Å². The molecule has 112 valence electrons. The summed E-state index contributed by atoms with van der Waals surface area (Å²) in [4.78, 5) is 14.5. The summed E-state index contributed by atoms with van der Waals surface area (Å²) in [6, 6.07) is 8.02. The van der Waals surface area contributed by atoms with Crippen molar-refractivity contribution in [2.24, 2.45) is 5.41 Å². The van der Waals surface area contributed by atoms with Crippen LogP contribution in [0.3, 0.4) is 0 Å². The number of thiophene rings is 1. The van der Waals surface area contributed by atoms with Crippen LogP contribution in [0.4, 0.5) is 0 Å². The van der Waals surface area contributed by atoms with Gasteiger partial charge in [-0.15, -0.1) is 11.3 Å². The molecule has 2 aromatic rings. The maximum absolute atomic E-state index is 11.6. The number of fused-ring (bicyclic) bond motifs is 1. The molecule has 0 aliphatic carbocycles. The number of carboxylic acids is 1. The number of carboxylic acid groups (broad SMARTS) is 1. The average molecular weight is 303 g/mol. The van der Waals surface area contributed by atoms with Gasteiger partial charge in [-0.1, -0.05) is 32.0 Å². The van der Waals surface area contributed by atoms with E-state index in [4.69, 9.17) is 0 Å². The fraction of sp³-hybridized carbons (Fsp3) is 0.471. The van der Waals surface area contributed by atoms with Crippen molar-refractivity contribution in [1.29, 1.82) is 0 Å². The Labute approximate surface area is 129 Å².